The van der Waals surface area contributed by atoms with Crippen LogP contribution in [0, 0.1) is 12.7 Å². The summed E-state index contributed by atoms with van der Waals surface area (Å²) in [5.41, 5.74) is 8.02. The smallest absolute Gasteiger partial charge is 0.185 e. The summed E-state index contributed by atoms with van der Waals surface area (Å²) in [6, 6.07) is 3.25. The second-order valence-electron chi connectivity index (χ2n) is 4.95. The van der Waals surface area contributed by atoms with Gasteiger partial charge in [0.25, 0.3) is 0 Å². The standard InChI is InChI=1S/C14H17FN4S/c1-10-8-13(12(16)9-11(10)15)18-3-5-19(6-4-18)14-17-2-7-20-14/h2,7-9H,3-6,16H2,1H3. The molecule has 2 aromatic rings. The summed E-state index contributed by atoms with van der Waals surface area (Å²) in [5, 5.41) is 3.05. The number of aryl methyl sites for hydroxylation is 1. The highest BCUT2D eigenvalue weighted by Gasteiger charge is 2.20. The summed E-state index contributed by atoms with van der Waals surface area (Å²) < 4.78 is 13.5. The van der Waals surface area contributed by atoms with E-state index >= 15 is 0 Å². The van der Waals surface area contributed by atoms with Crippen molar-refractivity contribution in [3.63, 3.8) is 0 Å². The highest BCUT2D eigenvalue weighted by Crippen LogP contribution is 2.28. The zero-order valence-corrected chi connectivity index (χ0v) is 12.2. The predicted octanol–water partition coefficient (Wildman–Crippen LogP) is 2.50. The molecule has 4 nitrogen and oxygen atoms in total. The van der Waals surface area contributed by atoms with Gasteiger partial charge in [-0.3, -0.25) is 0 Å². The minimum absolute atomic E-state index is 0.243. The Kier molecular flexibility index (Phi) is 3.48. The molecule has 1 aliphatic rings. The number of nitrogens with zero attached hydrogens (tertiary/aromatic N) is 3. The first-order valence-electron chi connectivity index (χ1n) is 6.60. The summed E-state index contributed by atoms with van der Waals surface area (Å²) in [6.07, 6.45) is 1.83. The fourth-order valence-electron chi connectivity index (χ4n) is 2.47. The number of piperazine rings is 1. The van der Waals surface area contributed by atoms with Crippen LogP contribution in [0.3, 0.4) is 0 Å². The maximum absolute atomic E-state index is 13.5. The lowest BCUT2D eigenvalue weighted by atomic mass is 10.1. The number of aromatic nitrogens is 1. The van der Waals surface area contributed by atoms with Crippen LogP contribution < -0.4 is 15.5 Å². The molecule has 6 heteroatoms. The van der Waals surface area contributed by atoms with Crippen molar-refractivity contribution in [1.29, 1.82) is 0 Å². The predicted molar refractivity (Wildman–Crippen MR) is 82.1 cm³/mol. The first-order chi connectivity index (χ1) is 9.65. The van der Waals surface area contributed by atoms with Crippen LogP contribution in [0.2, 0.25) is 0 Å². The third kappa shape index (κ3) is 2.43. The van der Waals surface area contributed by atoms with Gasteiger partial charge >= 0.3 is 0 Å². The van der Waals surface area contributed by atoms with Crippen molar-refractivity contribution in [2.45, 2.75) is 6.92 Å². The van der Waals surface area contributed by atoms with Crippen LogP contribution in [0.5, 0.6) is 0 Å². The van der Waals surface area contributed by atoms with Gasteiger partial charge in [0, 0.05) is 37.8 Å². The van der Waals surface area contributed by atoms with Gasteiger partial charge in [0.2, 0.25) is 0 Å². The van der Waals surface area contributed by atoms with Gasteiger partial charge in [-0.25, -0.2) is 9.37 Å². The molecular weight excluding hydrogens is 275 g/mol. The van der Waals surface area contributed by atoms with Crippen LogP contribution in [-0.2, 0) is 0 Å². The Morgan fingerprint density at radius 1 is 1.20 bits per heavy atom. The molecule has 1 saturated heterocycles. The lowest BCUT2D eigenvalue weighted by Crippen LogP contribution is -2.46. The highest BCUT2D eigenvalue weighted by atomic mass is 32.1. The maximum atomic E-state index is 13.5. The van der Waals surface area contributed by atoms with Crippen molar-refractivity contribution >= 4 is 27.8 Å². The molecule has 0 saturated carbocycles. The van der Waals surface area contributed by atoms with Crippen molar-refractivity contribution in [2.75, 3.05) is 41.7 Å². The second-order valence-corrected chi connectivity index (χ2v) is 5.82. The van der Waals surface area contributed by atoms with E-state index in [1.807, 2.05) is 17.6 Å². The number of benzene rings is 1. The minimum atomic E-state index is -0.243. The van der Waals surface area contributed by atoms with E-state index in [1.165, 1.54) is 6.07 Å². The first kappa shape index (κ1) is 13.2. The zero-order valence-electron chi connectivity index (χ0n) is 11.3. The zero-order chi connectivity index (χ0) is 14.1. The Balaban J connectivity index is 1.74. The molecule has 1 aromatic heterocycles. The molecule has 106 valence electrons. The second kappa shape index (κ2) is 5.28. The molecule has 1 fully saturated rings. The van der Waals surface area contributed by atoms with E-state index in [1.54, 1.807) is 18.3 Å². The Hall–Kier alpha value is -1.82. The summed E-state index contributed by atoms with van der Waals surface area (Å²) in [6.45, 7) is 5.32. The summed E-state index contributed by atoms with van der Waals surface area (Å²) in [7, 11) is 0. The SMILES string of the molecule is Cc1cc(N2CCN(c3nccs3)CC2)c(N)cc1F. The molecule has 0 spiro atoms. The van der Waals surface area contributed by atoms with E-state index < -0.39 is 0 Å². The van der Waals surface area contributed by atoms with Crippen molar-refractivity contribution in [2.24, 2.45) is 0 Å². The quantitative estimate of drug-likeness (QED) is 0.864. The number of nitrogen functional groups attached to an aromatic ring is 1. The Morgan fingerprint density at radius 2 is 1.90 bits per heavy atom. The number of halogens is 1. The molecule has 0 amide bonds. The number of nitrogens with two attached hydrogens (primary N) is 1. The summed E-state index contributed by atoms with van der Waals surface area (Å²) in [4.78, 5) is 8.82. The monoisotopic (exact) mass is 292 g/mol. The van der Waals surface area contributed by atoms with Gasteiger partial charge in [0.05, 0.1) is 11.4 Å². The Bertz CT molecular complexity index is 591. The lowest BCUT2D eigenvalue weighted by molar-refractivity contribution is 0.616. The fraction of sp³-hybridized carbons (Fsp3) is 0.357. The van der Waals surface area contributed by atoms with E-state index in [-0.39, 0.29) is 5.82 Å². The summed E-state index contributed by atoms with van der Waals surface area (Å²) >= 11 is 1.66. The van der Waals surface area contributed by atoms with Gasteiger partial charge in [0.15, 0.2) is 5.13 Å². The number of hydrogen-bond acceptors (Lipinski definition) is 5. The van der Waals surface area contributed by atoms with Crippen LogP contribution in [0.25, 0.3) is 0 Å². The van der Waals surface area contributed by atoms with Crippen LogP contribution in [0.4, 0.5) is 20.9 Å². The number of anilines is 3. The Labute approximate surface area is 121 Å². The number of rotatable bonds is 2. The van der Waals surface area contributed by atoms with Gasteiger partial charge in [-0.15, -0.1) is 11.3 Å². The van der Waals surface area contributed by atoms with Crippen LogP contribution >= 0.6 is 11.3 Å². The van der Waals surface area contributed by atoms with Crippen molar-refractivity contribution in [3.8, 4) is 0 Å². The average Bonchev–Trinajstić information content (AvgIpc) is 2.97. The van der Waals surface area contributed by atoms with Crippen LogP contribution in [0.1, 0.15) is 5.56 Å². The minimum Gasteiger partial charge on any atom is -0.397 e. The Morgan fingerprint density at radius 3 is 2.55 bits per heavy atom. The van der Waals surface area contributed by atoms with E-state index in [2.05, 4.69) is 14.8 Å². The van der Waals surface area contributed by atoms with Gasteiger partial charge < -0.3 is 15.5 Å². The maximum Gasteiger partial charge on any atom is 0.185 e. The van der Waals surface area contributed by atoms with Crippen molar-refractivity contribution in [1.82, 2.24) is 4.98 Å². The van der Waals surface area contributed by atoms with E-state index in [9.17, 15) is 4.39 Å². The highest BCUT2D eigenvalue weighted by molar-refractivity contribution is 7.13. The number of hydrogen-bond donors (Lipinski definition) is 1. The lowest BCUT2D eigenvalue weighted by Gasteiger charge is -2.36. The molecule has 3 rings (SSSR count). The topological polar surface area (TPSA) is 45.4 Å². The molecule has 2 N–H and O–H groups in total. The van der Waals surface area contributed by atoms with Crippen LogP contribution in [-0.4, -0.2) is 31.2 Å². The van der Waals surface area contributed by atoms with Gasteiger partial charge in [-0.05, 0) is 24.6 Å². The number of thiazole rings is 1. The molecule has 0 radical (unpaired) electrons. The van der Waals surface area contributed by atoms with Gasteiger partial charge in [-0.2, -0.15) is 0 Å². The van der Waals surface area contributed by atoms with Gasteiger partial charge in [-0.1, -0.05) is 0 Å². The molecule has 0 aliphatic carbocycles. The van der Waals surface area contributed by atoms with Crippen molar-refractivity contribution < 1.29 is 4.39 Å². The molecule has 1 aliphatic heterocycles. The first-order valence-corrected chi connectivity index (χ1v) is 7.48. The molecule has 1 aromatic carbocycles. The molecule has 0 bridgehead atoms. The summed E-state index contributed by atoms with van der Waals surface area (Å²) in [5.74, 6) is -0.243. The fourth-order valence-corrected chi connectivity index (χ4v) is 3.16. The van der Waals surface area contributed by atoms with Crippen LogP contribution in [0.15, 0.2) is 23.7 Å². The molecule has 0 unspecified atom stereocenters. The molecule has 20 heavy (non-hydrogen) atoms. The molecule has 2 heterocycles. The average molecular weight is 292 g/mol. The van der Waals surface area contributed by atoms with Crippen molar-refractivity contribution in [3.05, 3.63) is 35.1 Å². The van der Waals surface area contributed by atoms with E-state index in [0.29, 0.717) is 11.3 Å². The largest absolute Gasteiger partial charge is 0.397 e. The molecular formula is C14H17FN4S. The van der Waals surface area contributed by atoms with Gasteiger partial charge in [0.1, 0.15) is 5.82 Å². The van der Waals surface area contributed by atoms with E-state index in [4.69, 9.17) is 5.73 Å². The third-order valence-electron chi connectivity index (χ3n) is 3.62. The normalized spacial score (nSPS) is 15.7. The molecule has 0 atom stereocenters. The third-order valence-corrected chi connectivity index (χ3v) is 4.45. The van der Waals surface area contributed by atoms with E-state index in [0.717, 1.165) is 37.0 Å².